The summed E-state index contributed by atoms with van der Waals surface area (Å²) in [6.07, 6.45) is -0.332. The van der Waals surface area contributed by atoms with E-state index in [1.54, 1.807) is 0 Å². The van der Waals surface area contributed by atoms with Crippen molar-refractivity contribution in [2.45, 2.75) is 20.0 Å². The predicted molar refractivity (Wildman–Crippen MR) is 31.6 cm³/mol. The van der Waals surface area contributed by atoms with E-state index in [2.05, 4.69) is 0 Å². The molecule has 0 unspecified atom stereocenters. The topological polar surface area (TPSA) is 20.2 Å². The molecule has 44 valence electrons. The Kier molecular flexibility index (Phi) is 3.39. The zero-order valence-electron chi connectivity index (χ0n) is 4.69. The van der Waals surface area contributed by atoms with Gasteiger partial charge in [0.05, 0.1) is 6.10 Å². The molecule has 0 bridgehead atoms. The fraction of sp³-hybridized carbons (Fsp3) is 1.00. The molecular weight excluding hydrogens is 112 g/mol. The zero-order valence-corrected chi connectivity index (χ0v) is 5.44. The highest BCUT2D eigenvalue weighted by atomic mass is 35.5. The normalized spacial score (nSPS) is 15.0. The van der Waals surface area contributed by atoms with E-state index in [0.717, 1.165) is 0 Å². The lowest BCUT2D eigenvalue weighted by Gasteiger charge is -2.08. The maximum absolute atomic E-state index is 8.80. The van der Waals surface area contributed by atoms with Crippen molar-refractivity contribution in [2.75, 3.05) is 5.88 Å². The quantitative estimate of drug-likeness (QED) is 0.547. The summed E-state index contributed by atoms with van der Waals surface area (Å²) in [6.45, 7) is 3.88. The summed E-state index contributed by atoms with van der Waals surface area (Å²) in [6, 6.07) is 0. The van der Waals surface area contributed by atoms with Crippen LogP contribution in [0.1, 0.15) is 13.8 Å². The van der Waals surface area contributed by atoms with Crippen LogP contribution in [0.2, 0.25) is 0 Å². The molecule has 1 atom stereocenters. The maximum atomic E-state index is 8.80. The number of halogens is 1. The summed E-state index contributed by atoms with van der Waals surface area (Å²) in [7, 11) is 0. The Morgan fingerprint density at radius 2 is 2.00 bits per heavy atom. The number of aliphatic hydroxyl groups excluding tert-OH is 1. The van der Waals surface area contributed by atoms with Crippen LogP contribution in [0.25, 0.3) is 0 Å². The van der Waals surface area contributed by atoms with E-state index >= 15 is 0 Å². The Labute approximate surface area is 49.3 Å². The van der Waals surface area contributed by atoms with Crippen LogP contribution in [0, 0.1) is 5.92 Å². The molecule has 0 aromatic heterocycles. The lowest BCUT2D eigenvalue weighted by Crippen LogP contribution is -2.15. The van der Waals surface area contributed by atoms with E-state index < -0.39 is 0 Å². The van der Waals surface area contributed by atoms with Crippen molar-refractivity contribution in [1.29, 1.82) is 0 Å². The van der Waals surface area contributed by atoms with Gasteiger partial charge in [0.1, 0.15) is 0 Å². The second-order valence-corrected chi connectivity index (χ2v) is 2.27. The number of rotatable bonds is 2. The van der Waals surface area contributed by atoms with Gasteiger partial charge in [-0.25, -0.2) is 0 Å². The molecule has 0 aromatic carbocycles. The van der Waals surface area contributed by atoms with E-state index in [9.17, 15) is 0 Å². The third-order valence-corrected chi connectivity index (χ3v) is 1.24. The number of aliphatic hydroxyl groups is 1. The van der Waals surface area contributed by atoms with Gasteiger partial charge in [-0.05, 0) is 5.92 Å². The SMILES string of the molecule is CC(C)[C@H](O)CCl. The molecule has 2 heteroatoms. The van der Waals surface area contributed by atoms with Crippen molar-refractivity contribution in [1.82, 2.24) is 0 Å². The first-order chi connectivity index (χ1) is 3.18. The lowest BCUT2D eigenvalue weighted by molar-refractivity contribution is 0.148. The molecule has 0 aliphatic carbocycles. The third kappa shape index (κ3) is 2.89. The summed E-state index contributed by atoms with van der Waals surface area (Å²) in [5, 5.41) is 8.80. The van der Waals surface area contributed by atoms with Crippen LogP contribution in [-0.2, 0) is 0 Å². The van der Waals surface area contributed by atoms with Gasteiger partial charge >= 0.3 is 0 Å². The number of alkyl halides is 1. The summed E-state index contributed by atoms with van der Waals surface area (Å²) < 4.78 is 0. The first-order valence-electron chi connectivity index (χ1n) is 2.42. The van der Waals surface area contributed by atoms with Crippen molar-refractivity contribution >= 4 is 11.6 Å². The highest BCUT2D eigenvalue weighted by Crippen LogP contribution is 2.01. The van der Waals surface area contributed by atoms with Gasteiger partial charge in [0.15, 0.2) is 0 Å². The van der Waals surface area contributed by atoms with Crippen molar-refractivity contribution in [3.63, 3.8) is 0 Å². The highest BCUT2D eigenvalue weighted by Gasteiger charge is 2.04. The Morgan fingerprint density at radius 3 is 2.00 bits per heavy atom. The third-order valence-electron chi connectivity index (χ3n) is 0.928. The first kappa shape index (κ1) is 7.25. The van der Waals surface area contributed by atoms with Crippen molar-refractivity contribution in [3.8, 4) is 0 Å². The van der Waals surface area contributed by atoms with Gasteiger partial charge in [-0.15, -0.1) is 11.6 Å². The fourth-order valence-electron chi connectivity index (χ4n) is 0.178. The molecule has 0 aromatic rings. The monoisotopic (exact) mass is 122 g/mol. The van der Waals surface area contributed by atoms with Crippen LogP contribution in [0.4, 0.5) is 0 Å². The van der Waals surface area contributed by atoms with Gasteiger partial charge in [-0.3, -0.25) is 0 Å². The Morgan fingerprint density at radius 1 is 1.57 bits per heavy atom. The van der Waals surface area contributed by atoms with E-state index in [0.29, 0.717) is 5.88 Å². The summed E-state index contributed by atoms with van der Waals surface area (Å²) in [4.78, 5) is 0. The van der Waals surface area contributed by atoms with Gasteiger partial charge in [-0.2, -0.15) is 0 Å². The van der Waals surface area contributed by atoms with Crippen molar-refractivity contribution in [2.24, 2.45) is 5.92 Å². The molecule has 0 amide bonds. The average molecular weight is 123 g/mol. The van der Waals surface area contributed by atoms with Crippen molar-refractivity contribution < 1.29 is 5.11 Å². The molecule has 0 saturated heterocycles. The van der Waals surface area contributed by atoms with Crippen LogP contribution in [-0.4, -0.2) is 17.1 Å². The van der Waals surface area contributed by atoms with E-state index in [1.807, 2.05) is 13.8 Å². The molecular formula is C5H11ClO. The van der Waals surface area contributed by atoms with Gasteiger partial charge in [0.2, 0.25) is 0 Å². The predicted octanol–water partition coefficient (Wildman–Crippen LogP) is 1.24. The van der Waals surface area contributed by atoms with Crippen LogP contribution < -0.4 is 0 Å². The van der Waals surface area contributed by atoms with Gasteiger partial charge in [0.25, 0.3) is 0 Å². The molecule has 0 aliphatic rings. The first-order valence-corrected chi connectivity index (χ1v) is 2.96. The van der Waals surface area contributed by atoms with E-state index in [4.69, 9.17) is 16.7 Å². The van der Waals surface area contributed by atoms with Crippen molar-refractivity contribution in [3.05, 3.63) is 0 Å². The highest BCUT2D eigenvalue weighted by molar-refractivity contribution is 6.18. The second kappa shape index (κ2) is 3.28. The summed E-state index contributed by atoms with van der Waals surface area (Å²) in [5.41, 5.74) is 0. The molecule has 0 fully saturated rings. The molecule has 0 heterocycles. The molecule has 1 N–H and O–H groups in total. The Hall–Kier alpha value is 0.250. The molecule has 7 heavy (non-hydrogen) atoms. The minimum Gasteiger partial charge on any atom is -0.392 e. The molecule has 0 saturated carbocycles. The smallest absolute Gasteiger partial charge is 0.0698 e. The lowest BCUT2D eigenvalue weighted by atomic mass is 10.1. The average Bonchev–Trinajstić information content (AvgIpc) is 1.65. The molecule has 1 nitrogen and oxygen atoms in total. The standard InChI is InChI=1S/C5H11ClO/c1-4(2)5(7)3-6/h4-5,7H,3H2,1-2H3/t5-/m1/s1. The minimum absolute atomic E-state index is 0.289. The molecule has 0 spiro atoms. The van der Waals surface area contributed by atoms with Crippen LogP contribution in [0.5, 0.6) is 0 Å². The van der Waals surface area contributed by atoms with E-state index in [1.165, 1.54) is 0 Å². The molecule has 0 aliphatic heterocycles. The zero-order chi connectivity index (χ0) is 5.86. The number of hydrogen-bond donors (Lipinski definition) is 1. The maximum Gasteiger partial charge on any atom is 0.0698 e. The molecule has 0 rings (SSSR count). The Balaban J connectivity index is 3.14. The molecule has 0 radical (unpaired) electrons. The van der Waals surface area contributed by atoms with E-state index in [-0.39, 0.29) is 12.0 Å². The fourth-order valence-corrected chi connectivity index (χ4v) is 0.535. The second-order valence-electron chi connectivity index (χ2n) is 1.97. The van der Waals surface area contributed by atoms with Crippen LogP contribution in [0.3, 0.4) is 0 Å². The Bertz CT molecular complexity index is 45.3. The largest absolute Gasteiger partial charge is 0.392 e. The van der Waals surface area contributed by atoms with Gasteiger partial charge in [-0.1, -0.05) is 13.8 Å². The van der Waals surface area contributed by atoms with Gasteiger partial charge in [0, 0.05) is 5.88 Å². The summed E-state index contributed by atoms with van der Waals surface area (Å²) >= 11 is 5.30. The van der Waals surface area contributed by atoms with Crippen LogP contribution in [0.15, 0.2) is 0 Å². The number of hydrogen-bond acceptors (Lipinski definition) is 1. The van der Waals surface area contributed by atoms with Gasteiger partial charge < -0.3 is 5.11 Å². The van der Waals surface area contributed by atoms with Crippen LogP contribution >= 0.6 is 11.6 Å². The minimum atomic E-state index is -0.332. The summed E-state index contributed by atoms with van der Waals surface area (Å²) in [5.74, 6) is 0.634.